The maximum atomic E-state index is 13.2. The Hall–Kier alpha value is -1.63. The van der Waals surface area contributed by atoms with E-state index in [1.54, 1.807) is 26.1 Å². The zero-order valence-corrected chi connectivity index (χ0v) is 12.9. The van der Waals surface area contributed by atoms with Crippen molar-refractivity contribution in [2.24, 2.45) is 0 Å². The van der Waals surface area contributed by atoms with Gasteiger partial charge in [-0.3, -0.25) is 0 Å². The molecule has 2 rings (SSSR count). The number of hydrogen-bond acceptors (Lipinski definition) is 3. The van der Waals surface area contributed by atoms with Gasteiger partial charge in [-0.1, -0.05) is 12.1 Å². The zero-order chi connectivity index (χ0) is 15.6. The quantitative estimate of drug-likeness (QED) is 0.918. The molecule has 1 heterocycles. The molecule has 1 aliphatic rings. The van der Waals surface area contributed by atoms with Crippen LogP contribution in [0.5, 0.6) is 0 Å². The van der Waals surface area contributed by atoms with E-state index in [9.17, 15) is 17.6 Å². The highest BCUT2D eigenvalue weighted by atomic mass is 32.2. The number of urea groups is 1. The highest BCUT2D eigenvalue weighted by Gasteiger charge is 2.32. The number of carbonyl (C=O) groups excluding carboxylic acids is 1. The highest BCUT2D eigenvalue weighted by molar-refractivity contribution is 7.91. The van der Waals surface area contributed by atoms with Crippen molar-refractivity contribution < 1.29 is 17.6 Å². The SMILES string of the molecule is Cc1cc(CNC(=O)N(C)[C@H]2CCS(=O)(=O)C2)ccc1F. The number of rotatable bonds is 3. The summed E-state index contributed by atoms with van der Waals surface area (Å²) in [7, 11) is -1.42. The lowest BCUT2D eigenvalue weighted by atomic mass is 10.1. The van der Waals surface area contributed by atoms with E-state index in [1.807, 2.05) is 0 Å². The molecular formula is C14H19FN2O3S. The Labute approximate surface area is 124 Å². The molecule has 0 aliphatic carbocycles. The van der Waals surface area contributed by atoms with Gasteiger partial charge < -0.3 is 10.2 Å². The molecule has 2 amide bonds. The molecule has 0 bridgehead atoms. The van der Waals surface area contributed by atoms with E-state index < -0.39 is 9.84 Å². The van der Waals surface area contributed by atoms with Crippen LogP contribution in [0.1, 0.15) is 17.5 Å². The van der Waals surface area contributed by atoms with E-state index in [2.05, 4.69) is 5.32 Å². The molecule has 0 saturated carbocycles. The summed E-state index contributed by atoms with van der Waals surface area (Å²) in [4.78, 5) is 13.4. The van der Waals surface area contributed by atoms with Gasteiger partial charge in [-0.15, -0.1) is 0 Å². The number of aryl methyl sites for hydroxylation is 1. The molecule has 0 aromatic heterocycles. The van der Waals surface area contributed by atoms with Crippen molar-refractivity contribution in [2.45, 2.75) is 25.9 Å². The van der Waals surface area contributed by atoms with Crippen molar-refractivity contribution in [3.63, 3.8) is 0 Å². The predicted octanol–water partition coefficient (Wildman–Crippen LogP) is 1.46. The van der Waals surface area contributed by atoms with Crippen molar-refractivity contribution in [1.29, 1.82) is 0 Å². The number of nitrogens with zero attached hydrogens (tertiary/aromatic N) is 1. The van der Waals surface area contributed by atoms with Crippen LogP contribution < -0.4 is 5.32 Å². The lowest BCUT2D eigenvalue weighted by Gasteiger charge is -2.23. The van der Waals surface area contributed by atoms with Gasteiger partial charge >= 0.3 is 6.03 Å². The van der Waals surface area contributed by atoms with E-state index in [0.717, 1.165) is 5.56 Å². The van der Waals surface area contributed by atoms with Gasteiger partial charge in [0.05, 0.1) is 11.5 Å². The summed E-state index contributed by atoms with van der Waals surface area (Å²) >= 11 is 0. The molecule has 1 aromatic carbocycles. The molecule has 21 heavy (non-hydrogen) atoms. The van der Waals surface area contributed by atoms with Crippen LogP contribution in [0.15, 0.2) is 18.2 Å². The number of carbonyl (C=O) groups is 1. The summed E-state index contributed by atoms with van der Waals surface area (Å²) < 4.78 is 36.0. The topological polar surface area (TPSA) is 66.5 Å². The van der Waals surface area contributed by atoms with Gasteiger partial charge in [0, 0.05) is 19.6 Å². The number of benzene rings is 1. The van der Waals surface area contributed by atoms with Crippen molar-refractivity contribution in [3.8, 4) is 0 Å². The largest absolute Gasteiger partial charge is 0.334 e. The first-order chi connectivity index (χ1) is 9.78. The Morgan fingerprint density at radius 1 is 1.48 bits per heavy atom. The molecule has 5 nitrogen and oxygen atoms in total. The highest BCUT2D eigenvalue weighted by Crippen LogP contribution is 2.16. The van der Waals surface area contributed by atoms with E-state index in [0.29, 0.717) is 12.0 Å². The molecule has 7 heteroatoms. The first-order valence-corrected chi connectivity index (χ1v) is 8.57. The standard InChI is InChI=1S/C14H19FN2O3S/c1-10-7-11(3-4-13(10)15)8-16-14(18)17(2)12-5-6-21(19,20)9-12/h3-4,7,12H,5-6,8-9H2,1-2H3,(H,16,18)/t12-/m0/s1. The monoisotopic (exact) mass is 314 g/mol. The third-order valence-electron chi connectivity index (χ3n) is 3.74. The van der Waals surface area contributed by atoms with Crippen LogP contribution in [-0.4, -0.2) is 43.9 Å². The summed E-state index contributed by atoms with van der Waals surface area (Å²) in [6.45, 7) is 1.94. The van der Waals surface area contributed by atoms with E-state index in [1.165, 1.54) is 11.0 Å². The molecule has 1 N–H and O–H groups in total. The number of halogens is 1. The minimum absolute atomic E-state index is 0.0204. The molecule has 1 saturated heterocycles. The summed E-state index contributed by atoms with van der Waals surface area (Å²) in [5.74, 6) is -0.127. The lowest BCUT2D eigenvalue weighted by Crippen LogP contribution is -2.43. The van der Waals surface area contributed by atoms with Gasteiger partial charge in [-0.25, -0.2) is 17.6 Å². The van der Waals surface area contributed by atoms with Crippen LogP contribution in [0.4, 0.5) is 9.18 Å². The van der Waals surface area contributed by atoms with Crippen LogP contribution >= 0.6 is 0 Å². The first-order valence-electron chi connectivity index (χ1n) is 6.74. The molecule has 1 fully saturated rings. The van der Waals surface area contributed by atoms with Crippen LogP contribution in [0.2, 0.25) is 0 Å². The van der Waals surface area contributed by atoms with Gasteiger partial charge in [0.25, 0.3) is 0 Å². The number of sulfone groups is 1. The van der Waals surface area contributed by atoms with E-state index in [-0.39, 0.29) is 35.9 Å². The number of amides is 2. The van der Waals surface area contributed by atoms with Crippen molar-refractivity contribution >= 4 is 15.9 Å². The maximum Gasteiger partial charge on any atom is 0.317 e. The lowest BCUT2D eigenvalue weighted by molar-refractivity contribution is 0.194. The molecule has 0 unspecified atom stereocenters. The van der Waals surface area contributed by atoms with Crippen molar-refractivity contribution in [2.75, 3.05) is 18.6 Å². The fourth-order valence-corrected chi connectivity index (χ4v) is 4.14. The molecular weight excluding hydrogens is 295 g/mol. The summed E-state index contributed by atoms with van der Waals surface area (Å²) in [5.41, 5.74) is 1.33. The third-order valence-corrected chi connectivity index (χ3v) is 5.49. The van der Waals surface area contributed by atoms with Crippen molar-refractivity contribution in [1.82, 2.24) is 10.2 Å². The fourth-order valence-electron chi connectivity index (χ4n) is 2.37. The molecule has 1 atom stereocenters. The number of nitrogens with one attached hydrogen (secondary N) is 1. The number of hydrogen-bond donors (Lipinski definition) is 1. The van der Waals surface area contributed by atoms with Crippen LogP contribution in [0, 0.1) is 12.7 Å². The molecule has 0 spiro atoms. The Balaban J connectivity index is 1.91. The zero-order valence-electron chi connectivity index (χ0n) is 12.1. The minimum atomic E-state index is -3.01. The van der Waals surface area contributed by atoms with Gasteiger partial charge in [0.2, 0.25) is 0 Å². The first kappa shape index (κ1) is 15.8. The van der Waals surface area contributed by atoms with Crippen molar-refractivity contribution in [3.05, 3.63) is 35.1 Å². The van der Waals surface area contributed by atoms with E-state index in [4.69, 9.17) is 0 Å². The molecule has 0 radical (unpaired) electrons. The summed E-state index contributed by atoms with van der Waals surface area (Å²) in [6, 6.07) is 4.06. The van der Waals surface area contributed by atoms with Gasteiger partial charge in [-0.2, -0.15) is 0 Å². The van der Waals surface area contributed by atoms with Gasteiger partial charge in [0.1, 0.15) is 5.82 Å². The normalized spacial score (nSPS) is 20.2. The predicted molar refractivity (Wildman–Crippen MR) is 78.2 cm³/mol. The second kappa shape index (κ2) is 6.01. The van der Waals surface area contributed by atoms with E-state index >= 15 is 0 Å². The van der Waals surface area contributed by atoms with Crippen LogP contribution in [0.25, 0.3) is 0 Å². The Bertz CT molecular complexity index is 646. The smallest absolute Gasteiger partial charge is 0.317 e. The second-order valence-corrected chi connectivity index (χ2v) is 7.64. The van der Waals surface area contributed by atoms with Gasteiger partial charge in [-0.05, 0) is 30.5 Å². The Morgan fingerprint density at radius 2 is 2.19 bits per heavy atom. The molecule has 116 valence electrons. The average molecular weight is 314 g/mol. The van der Waals surface area contributed by atoms with Gasteiger partial charge in [0.15, 0.2) is 9.84 Å². The van der Waals surface area contributed by atoms with Crippen LogP contribution in [0.3, 0.4) is 0 Å². The average Bonchev–Trinajstić information content (AvgIpc) is 2.79. The maximum absolute atomic E-state index is 13.2. The summed E-state index contributed by atoms with van der Waals surface area (Å²) in [5, 5.41) is 2.72. The summed E-state index contributed by atoms with van der Waals surface area (Å²) in [6.07, 6.45) is 0.474. The minimum Gasteiger partial charge on any atom is -0.334 e. The Morgan fingerprint density at radius 3 is 2.76 bits per heavy atom. The third kappa shape index (κ3) is 3.93. The fraction of sp³-hybridized carbons (Fsp3) is 0.500. The molecule has 1 aromatic rings. The molecule has 1 aliphatic heterocycles. The van der Waals surface area contributed by atoms with Crippen LogP contribution in [-0.2, 0) is 16.4 Å². The Kier molecular flexibility index (Phi) is 4.51. The second-order valence-electron chi connectivity index (χ2n) is 5.41.